The number of amides is 11. The zero-order valence-electron chi connectivity index (χ0n) is 53.0. The number of rotatable bonds is 40. The van der Waals surface area contributed by atoms with E-state index >= 15 is 0 Å². The van der Waals surface area contributed by atoms with Crippen LogP contribution in [0.15, 0.2) is 63.5 Å². The number of aliphatic imine (C=N–C) groups is 3. The van der Waals surface area contributed by atoms with Crippen LogP contribution in [-0.4, -0.2) is 173 Å². The van der Waals surface area contributed by atoms with Gasteiger partial charge in [-0.3, -0.25) is 88.2 Å². The van der Waals surface area contributed by atoms with Crippen molar-refractivity contribution in [3.05, 3.63) is 58.5 Å². The van der Waals surface area contributed by atoms with Gasteiger partial charge in [0.05, 0.1) is 39.1 Å². The van der Waals surface area contributed by atoms with Gasteiger partial charge in [-0.25, -0.2) is 9.97 Å². The Balaban J connectivity index is 1.48. The number of nitrogens with one attached hydrogen (secondary N) is 10. The highest BCUT2D eigenvalue weighted by Gasteiger charge is 2.35. The third-order valence-corrected chi connectivity index (χ3v) is 15.9. The van der Waals surface area contributed by atoms with Crippen LogP contribution in [0.2, 0.25) is 0 Å². The number of primary amides is 3. The van der Waals surface area contributed by atoms with Crippen LogP contribution in [0.1, 0.15) is 124 Å². The lowest BCUT2D eigenvalue weighted by molar-refractivity contribution is -0.134. The Morgan fingerprint density at radius 2 is 0.811 bits per heavy atom. The van der Waals surface area contributed by atoms with E-state index in [1.165, 1.54) is 6.92 Å². The molecule has 7 atom stereocenters. The number of nitrogens with zero attached hydrogens (tertiary/aromatic N) is 5. The van der Waals surface area contributed by atoms with E-state index in [1.54, 1.807) is 62.4 Å². The Hall–Kier alpha value is -10.5. The number of carbonyl (C=O) groups excluding carboxylic acids is 13. The average Bonchev–Trinajstić information content (AvgIpc) is 1.76. The molecule has 0 aliphatic rings. The minimum absolute atomic E-state index is 0.0254. The van der Waals surface area contributed by atoms with E-state index in [2.05, 4.69) is 78.3 Å². The van der Waals surface area contributed by atoms with Crippen LogP contribution in [0.4, 0.5) is 0 Å². The van der Waals surface area contributed by atoms with Crippen LogP contribution < -0.4 is 93.5 Å². The molecule has 2 aromatic heterocycles. The van der Waals surface area contributed by atoms with Crippen LogP contribution in [0.3, 0.4) is 0 Å². The summed E-state index contributed by atoms with van der Waals surface area (Å²) in [5.74, 6) is -10.9. The van der Waals surface area contributed by atoms with Crippen LogP contribution >= 0.6 is 22.7 Å². The highest BCUT2D eigenvalue weighted by molar-refractivity contribution is 7.20. The molecule has 4 aromatic rings. The van der Waals surface area contributed by atoms with Gasteiger partial charge in [-0.1, -0.05) is 38.1 Å². The molecule has 0 saturated carbocycles. The van der Waals surface area contributed by atoms with Gasteiger partial charge in [0.1, 0.15) is 30.2 Å². The molecule has 37 heteroatoms. The molecule has 0 fully saturated rings. The number of thiazole rings is 2. The predicted molar refractivity (Wildman–Crippen MR) is 354 cm³/mol. The van der Waals surface area contributed by atoms with Gasteiger partial charge >= 0.3 is 0 Å². The maximum atomic E-state index is 14.3. The maximum Gasteiger partial charge on any atom is 0.243 e. The van der Waals surface area contributed by atoms with Crippen molar-refractivity contribution in [1.29, 1.82) is 0 Å². The van der Waals surface area contributed by atoms with E-state index in [4.69, 9.17) is 40.1 Å². The van der Waals surface area contributed by atoms with E-state index < -0.39 is 131 Å². The zero-order chi connectivity index (χ0) is 70.3. The largest absolute Gasteiger partial charge is 0.370 e. The van der Waals surface area contributed by atoms with Gasteiger partial charge in [0.15, 0.2) is 16.0 Å². The van der Waals surface area contributed by atoms with E-state index in [9.17, 15) is 62.3 Å². The van der Waals surface area contributed by atoms with Crippen molar-refractivity contribution in [3.63, 3.8) is 0 Å². The second kappa shape index (κ2) is 39.2. The molecular weight excluding hydrogens is 1280 g/mol. The fourth-order valence-corrected chi connectivity index (χ4v) is 10.9. The summed E-state index contributed by atoms with van der Waals surface area (Å²) in [6, 6.07) is 4.73. The third kappa shape index (κ3) is 27.7. The van der Waals surface area contributed by atoms with Crippen LogP contribution in [-0.2, 0) is 52.7 Å². The minimum atomic E-state index is -1.46. The lowest BCUT2D eigenvalue weighted by atomic mass is 10.00. The normalized spacial score (nSPS) is 13.7. The highest BCUT2D eigenvalue weighted by Crippen LogP contribution is 2.25. The quantitative estimate of drug-likeness (QED) is 0.00670. The number of ketones is 2. The summed E-state index contributed by atoms with van der Waals surface area (Å²) in [7, 11) is 0. The molecule has 11 amide bonds. The first-order chi connectivity index (χ1) is 45.0. The van der Waals surface area contributed by atoms with Crippen molar-refractivity contribution >= 4 is 138 Å². The molecule has 35 nitrogen and oxygen atoms in total. The fourth-order valence-electron chi connectivity index (χ4n) is 8.99. The number of guanidine groups is 3. The highest BCUT2D eigenvalue weighted by atomic mass is 32.1. The lowest BCUT2D eigenvalue weighted by Gasteiger charge is -2.28. The number of hydrazine groups is 1. The summed E-state index contributed by atoms with van der Waals surface area (Å²) < 4.78 is 1.42. The number of para-hydroxylation sites is 2. The molecule has 0 aliphatic heterocycles. The number of aromatic nitrogens is 2. The molecule has 0 bridgehead atoms. The smallest absolute Gasteiger partial charge is 0.243 e. The summed E-state index contributed by atoms with van der Waals surface area (Å²) in [5, 5.41) is 20.5. The summed E-state index contributed by atoms with van der Waals surface area (Å²) >= 11 is 2.22. The third-order valence-electron chi connectivity index (χ3n) is 13.8. The molecule has 0 unspecified atom stereocenters. The number of fused-ring (bicyclic) bond motifs is 2. The summed E-state index contributed by atoms with van der Waals surface area (Å²) in [5.41, 5.74) is 45.6. The molecule has 516 valence electrons. The number of carbonyl (C=O) groups is 13. The standard InChI is InChI=1S/C58H84N22O13S2/c1-29(2)46(78-52(92)39(21-24-44(61)85)75-50(90)37(70-31(4)82)19-22-42(59)83)53(93)73-35(48(88)55-77-33-13-6-8-18-41(33)95-55)15-10-26-67-57(64)79-80-58(65)68-27-11-16-36(74-51(91)38(20-23-43(60)84)71-45(86)28-69-30(3)81)49(89)72-34(14-9-25-66-56(62)63)47(87)54-76-32-12-5-7-17-40(32)94-54/h5-8,12-13,17-18,29,34-39,46H,9-11,14-16,19-28H2,1-4H3,(H2,59,83)(H2,60,84)(H2,61,85)(H,69,81)(H,70,82)(H,71,86)(H,72,89)(H,73,93)(H,74,91)(H,75,90)(H,78,92)(H4,62,63,66)(H3,64,67,79)(H3,65,68,80)/t34-,35-,36-,37-,38-,39-,46-/m0/s1. The summed E-state index contributed by atoms with van der Waals surface area (Å²) in [6.07, 6.45) is -1.52. The van der Waals surface area contributed by atoms with Crippen molar-refractivity contribution in [2.75, 3.05) is 26.2 Å². The first kappa shape index (κ1) is 77.0. The molecule has 4 rings (SSSR count). The van der Waals surface area contributed by atoms with Gasteiger partial charge in [0.25, 0.3) is 0 Å². The SMILES string of the molecule is CC(=O)NCC(=O)N[C@@H](CCC(N)=O)C(=O)N[C@@H](CCCN=C(N)NNC(N)=NCCC[C@H](NC(=O)[C@@H](NC(=O)[C@H](CCC(N)=O)NC(=O)[C@H](CCC(N)=O)NC(C)=O)C(C)C)C(=O)c1nc2ccccc2s1)C(=O)N[C@@H](CCCN=C(N)N)C(=O)c1nc2ccccc2s1. The Kier molecular flexibility index (Phi) is 31.7. The monoisotopic (exact) mass is 1360 g/mol. The molecular formula is C58H84N22O13S2. The first-order valence-electron chi connectivity index (χ1n) is 30.2. The molecule has 0 spiro atoms. The van der Waals surface area contributed by atoms with Crippen molar-refractivity contribution in [3.8, 4) is 0 Å². The van der Waals surface area contributed by atoms with E-state index in [1.807, 2.05) is 0 Å². The molecule has 0 saturated heterocycles. The maximum absolute atomic E-state index is 14.3. The fraction of sp³-hybridized carbons (Fsp3) is 0.483. The van der Waals surface area contributed by atoms with Crippen molar-refractivity contribution < 1.29 is 62.3 Å². The Labute approximate surface area is 553 Å². The van der Waals surface area contributed by atoms with E-state index in [0.29, 0.717) is 15.7 Å². The minimum Gasteiger partial charge on any atom is -0.370 e. The Bertz CT molecular complexity index is 3430. The van der Waals surface area contributed by atoms with E-state index in [0.717, 1.165) is 34.3 Å². The second-order valence-electron chi connectivity index (χ2n) is 22.0. The van der Waals surface area contributed by atoms with E-state index in [-0.39, 0.29) is 125 Å². The number of Topliss-reactive ketones (excluding diaryl/α,β-unsaturated/α-hetero) is 2. The first-order valence-corrected chi connectivity index (χ1v) is 31.8. The lowest BCUT2D eigenvalue weighted by Crippen LogP contribution is -2.59. The van der Waals surface area contributed by atoms with Crippen molar-refractivity contribution in [1.82, 2.24) is 63.4 Å². The molecule has 95 heavy (non-hydrogen) atoms. The predicted octanol–water partition coefficient (Wildman–Crippen LogP) is -3.69. The zero-order valence-corrected chi connectivity index (χ0v) is 54.6. The van der Waals surface area contributed by atoms with Crippen LogP contribution in [0.5, 0.6) is 0 Å². The van der Waals surface area contributed by atoms with Gasteiger partial charge in [-0.15, -0.1) is 22.7 Å². The van der Waals surface area contributed by atoms with Gasteiger partial charge in [0, 0.05) is 52.7 Å². The number of nitrogens with two attached hydrogens (primary N) is 7. The van der Waals surface area contributed by atoms with Crippen molar-refractivity contribution in [2.24, 2.45) is 61.0 Å². The van der Waals surface area contributed by atoms with Gasteiger partial charge in [-0.2, -0.15) is 0 Å². The number of benzene rings is 2. The number of hydrogen-bond acceptors (Lipinski definition) is 20. The molecule has 2 aromatic carbocycles. The molecule has 24 N–H and O–H groups in total. The molecule has 2 heterocycles. The average molecular weight is 1360 g/mol. The number of hydrogen-bond donors (Lipinski definition) is 17. The van der Waals surface area contributed by atoms with Gasteiger partial charge in [-0.05, 0) is 88.0 Å². The van der Waals surface area contributed by atoms with Gasteiger partial charge < -0.3 is 82.7 Å². The van der Waals surface area contributed by atoms with Gasteiger partial charge in [0.2, 0.25) is 88.5 Å². The van der Waals surface area contributed by atoms with Crippen LogP contribution in [0.25, 0.3) is 20.4 Å². The topological polar surface area (TPSA) is 587 Å². The van der Waals surface area contributed by atoms with Crippen molar-refractivity contribution in [2.45, 2.75) is 147 Å². The molecule has 0 radical (unpaired) electrons. The van der Waals surface area contributed by atoms with Crippen LogP contribution in [0, 0.1) is 5.92 Å². The molecule has 0 aliphatic carbocycles. The second-order valence-corrected chi connectivity index (χ2v) is 24.1. The summed E-state index contributed by atoms with van der Waals surface area (Å²) in [4.78, 5) is 191. The Morgan fingerprint density at radius 1 is 0.442 bits per heavy atom. The Morgan fingerprint density at radius 3 is 1.21 bits per heavy atom. The summed E-state index contributed by atoms with van der Waals surface area (Å²) in [6.45, 7) is 5.05.